The van der Waals surface area contributed by atoms with E-state index in [9.17, 15) is 0 Å². The summed E-state index contributed by atoms with van der Waals surface area (Å²) >= 11 is 0. The average molecular weight is 240 g/mol. The van der Waals surface area contributed by atoms with Crippen molar-refractivity contribution in [2.45, 2.75) is 57.8 Å². The van der Waals surface area contributed by atoms with Gasteiger partial charge in [-0.15, -0.1) is 0 Å². The Hall–Kier alpha value is -0.120. The summed E-state index contributed by atoms with van der Waals surface area (Å²) in [6.07, 6.45) is 5.95. The molecule has 0 aromatic heterocycles. The smallest absolute Gasteiger partial charge is 0.0608 e. The van der Waals surface area contributed by atoms with E-state index in [1.54, 1.807) is 0 Å². The molecule has 0 unspecified atom stereocenters. The van der Waals surface area contributed by atoms with Crippen molar-refractivity contribution in [3.8, 4) is 0 Å². The third-order valence-corrected chi connectivity index (χ3v) is 4.05. The Morgan fingerprint density at radius 1 is 1.18 bits per heavy atom. The summed E-state index contributed by atoms with van der Waals surface area (Å²) in [4.78, 5) is 2.59. The average Bonchev–Trinajstić information content (AvgIpc) is 2.24. The normalized spacial score (nSPS) is 31.8. The van der Waals surface area contributed by atoms with Gasteiger partial charge in [0, 0.05) is 25.7 Å². The second kappa shape index (κ2) is 6.17. The maximum absolute atomic E-state index is 6.15. The second-order valence-electron chi connectivity index (χ2n) is 6.11. The molecule has 1 aliphatic heterocycles. The Bertz CT molecular complexity index is 218. The fraction of sp³-hybridized carbons (Fsp3) is 1.00. The largest absolute Gasteiger partial charge is 0.375 e. The van der Waals surface area contributed by atoms with Crippen LogP contribution in [0.3, 0.4) is 0 Å². The van der Waals surface area contributed by atoms with Crippen molar-refractivity contribution in [3.05, 3.63) is 0 Å². The van der Waals surface area contributed by atoms with Gasteiger partial charge < -0.3 is 15.0 Å². The summed E-state index contributed by atoms with van der Waals surface area (Å²) < 4.78 is 6.15. The molecule has 1 N–H and O–H groups in total. The maximum Gasteiger partial charge on any atom is 0.0608 e. The number of nitrogens with zero attached hydrogens (tertiary/aromatic N) is 1. The standard InChI is InChI=1S/C14H28N2O/c1-11(2)10-16-6-4-13(5-7-16)17-14-8-12(9-14)15-3/h11-15H,4-10H2,1-3H3/t12-,14-. The minimum Gasteiger partial charge on any atom is -0.375 e. The topological polar surface area (TPSA) is 24.5 Å². The first kappa shape index (κ1) is 13.3. The summed E-state index contributed by atoms with van der Waals surface area (Å²) in [7, 11) is 2.05. The van der Waals surface area contributed by atoms with E-state index in [1.807, 2.05) is 7.05 Å². The molecule has 2 aliphatic rings. The Kier molecular flexibility index (Phi) is 4.83. The van der Waals surface area contributed by atoms with E-state index in [-0.39, 0.29) is 0 Å². The van der Waals surface area contributed by atoms with Crippen molar-refractivity contribution in [3.63, 3.8) is 0 Å². The lowest BCUT2D eigenvalue weighted by Crippen LogP contribution is -2.47. The lowest BCUT2D eigenvalue weighted by atomic mass is 9.89. The van der Waals surface area contributed by atoms with Crippen LogP contribution < -0.4 is 5.32 Å². The molecule has 3 nitrogen and oxygen atoms in total. The predicted octanol–water partition coefficient (Wildman–Crippen LogP) is 1.87. The summed E-state index contributed by atoms with van der Waals surface area (Å²) in [6, 6.07) is 0.709. The minimum absolute atomic E-state index is 0.529. The van der Waals surface area contributed by atoms with Crippen LogP contribution in [0.25, 0.3) is 0 Å². The number of hydrogen-bond donors (Lipinski definition) is 1. The van der Waals surface area contributed by atoms with Crippen LogP contribution in [-0.4, -0.2) is 49.8 Å². The number of nitrogens with one attached hydrogen (secondary N) is 1. The molecule has 0 aromatic rings. The molecule has 0 amide bonds. The minimum atomic E-state index is 0.529. The third kappa shape index (κ3) is 3.94. The summed E-state index contributed by atoms with van der Waals surface area (Å²) in [6.45, 7) is 8.30. The molecular formula is C14H28N2O. The molecule has 1 heterocycles. The van der Waals surface area contributed by atoms with E-state index in [2.05, 4.69) is 24.1 Å². The van der Waals surface area contributed by atoms with E-state index >= 15 is 0 Å². The van der Waals surface area contributed by atoms with Gasteiger partial charge in [0.15, 0.2) is 0 Å². The van der Waals surface area contributed by atoms with Crippen molar-refractivity contribution in [2.24, 2.45) is 5.92 Å². The van der Waals surface area contributed by atoms with Crippen LogP contribution in [0.2, 0.25) is 0 Å². The third-order valence-electron chi connectivity index (χ3n) is 4.05. The zero-order valence-electron chi connectivity index (χ0n) is 11.6. The van der Waals surface area contributed by atoms with Crippen molar-refractivity contribution in [2.75, 3.05) is 26.7 Å². The first-order chi connectivity index (χ1) is 8.17. The Morgan fingerprint density at radius 3 is 2.35 bits per heavy atom. The highest BCUT2D eigenvalue weighted by atomic mass is 16.5. The molecule has 1 aliphatic carbocycles. The summed E-state index contributed by atoms with van der Waals surface area (Å²) in [5.41, 5.74) is 0. The van der Waals surface area contributed by atoms with Gasteiger partial charge in [-0.05, 0) is 38.6 Å². The van der Waals surface area contributed by atoms with Crippen molar-refractivity contribution >= 4 is 0 Å². The highest BCUT2D eigenvalue weighted by Gasteiger charge is 2.31. The van der Waals surface area contributed by atoms with E-state index < -0.39 is 0 Å². The van der Waals surface area contributed by atoms with E-state index in [0.29, 0.717) is 18.2 Å². The zero-order valence-corrected chi connectivity index (χ0v) is 11.6. The fourth-order valence-corrected chi connectivity index (χ4v) is 2.93. The summed E-state index contributed by atoms with van der Waals surface area (Å²) in [5, 5.41) is 3.31. The van der Waals surface area contributed by atoms with Gasteiger partial charge in [0.2, 0.25) is 0 Å². The van der Waals surface area contributed by atoms with Crippen LogP contribution in [0.5, 0.6) is 0 Å². The van der Waals surface area contributed by atoms with Crippen molar-refractivity contribution < 1.29 is 4.74 Å². The van der Waals surface area contributed by atoms with Crippen molar-refractivity contribution in [1.29, 1.82) is 0 Å². The molecule has 1 saturated carbocycles. The second-order valence-corrected chi connectivity index (χ2v) is 6.11. The van der Waals surface area contributed by atoms with Gasteiger partial charge in [-0.25, -0.2) is 0 Å². The van der Waals surface area contributed by atoms with Crippen LogP contribution >= 0.6 is 0 Å². The molecule has 0 aromatic carbocycles. The molecule has 100 valence electrons. The molecule has 3 heteroatoms. The van der Waals surface area contributed by atoms with Gasteiger partial charge in [0.05, 0.1) is 12.2 Å². The van der Waals surface area contributed by atoms with E-state index in [4.69, 9.17) is 4.74 Å². The maximum atomic E-state index is 6.15. The first-order valence-electron chi connectivity index (χ1n) is 7.22. The quantitative estimate of drug-likeness (QED) is 0.794. The lowest BCUT2D eigenvalue weighted by Gasteiger charge is -2.40. The Labute approximate surface area is 106 Å². The van der Waals surface area contributed by atoms with Gasteiger partial charge in [0.1, 0.15) is 0 Å². The van der Waals surface area contributed by atoms with Gasteiger partial charge in [0.25, 0.3) is 0 Å². The van der Waals surface area contributed by atoms with Crippen LogP contribution in [0.1, 0.15) is 39.5 Å². The highest BCUT2D eigenvalue weighted by Crippen LogP contribution is 2.27. The molecule has 0 atom stereocenters. The fourth-order valence-electron chi connectivity index (χ4n) is 2.93. The lowest BCUT2D eigenvalue weighted by molar-refractivity contribution is -0.0839. The Balaban J connectivity index is 1.60. The molecule has 2 rings (SSSR count). The van der Waals surface area contributed by atoms with Gasteiger partial charge in [-0.2, -0.15) is 0 Å². The highest BCUT2D eigenvalue weighted by molar-refractivity contribution is 4.86. The van der Waals surface area contributed by atoms with Gasteiger partial charge in [-0.3, -0.25) is 0 Å². The molecular weight excluding hydrogens is 212 g/mol. The van der Waals surface area contributed by atoms with Gasteiger partial charge >= 0.3 is 0 Å². The molecule has 2 fully saturated rings. The number of hydrogen-bond acceptors (Lipinski definition) is 3. The molecule has 0 bridgehead atoms. The van der Waals surface area contributed by atoms with E-state index in [0.717, 1.165) is 5.92 Å². The molecule has 17 heavy (non-hydrogen) atoms. The molecule has 0 spiro atoms. The van der Waals surface area contributed by atoms with Crippen LogP contribution in [0, 0.1) is 5.92 Å². The van der Waals surface area contributed by atoms with Crippen LogP contribution in [-0.2, 0) is 4.74 Å². The van der Waals surface area contributed by atoms with Crippen LogP contribution in [0.4, 0.5) is 0 Å². The number of likely N-dealkylation sites (tertiary alicyclic amines) is 1. The number of ether oxygens (including phenoxy) is 1. The molecule has 0 radical (unpaired) electrons. The predicted molar refractivity (Wildman–Crippen MR) is 71.3 cm³/mol. The van der Waals surface area contributed by atoms with Crippen molar-refractivity contribution in [1.82, 2.24) is 10.2 Å². The van der Waals surface area contributed by atoms with Gasteiger partial charge in [-0.1, -0.05) is 13.8 Å². The van der Waals surface area contributed by atoms with Crippen LogP contribution in [0.15, 0.2) is 0 Å². The summed E-state index contributed by atoms with van der Waals surface area (Å²) in [5.74, 6) is 0.787. The SMILES string of the molecule is CN[C@H]1C[C@H](OC2CCN(CC(C)C)CC2)C1. The Morgan fingerprint density at radius 2 is 1.82 bits per heavy atom. The first-order valence-corrected chi connectivity index (χ1v) is 7.22. The zero-order chi connectivity index (χ0) is 12.3. The number of rotatable bonds is 5. The molecule has 1 saturated heterocycles. The monoisotopic (exact) mass is 240 g/mol. The number of piperidine rings is 1. The van der Waals surface area contributed by atoms with E-state index in [1.165, 1.54) is 45.3 Å².